The molecule has 0 heterocycles. The lowest BCUT2D eigenvalue weighted by molar-refractivity contribution is -0.915. The summed E-state index contributed by atoms with van der Waals surface area (Å²) in [7, 11) is 0. The summed E-state index contributed by atoms with van der Waals surface area (Å²) in [5.41, 5.74) is 1.26. The Morgan fingerprint density at radius 2 is 1.83 bits per heavy atom. The average molecular weight is 168 g/mol. The van der Waals surface area contributed by atoms with E-state index < -0.39 is 0 Å². The molecule has 0 aromatic rings. The Bertz CT molecular complexity index is 154. The highest BCUT2D eigenvalue weighted by Gasteiger charge is 2.20. The molecule has 1 nitrogen and oxygen atoms in total. The van der Waals surface area contributed by atoms with Gasteiger partial charge in [0.2, 0.25) is 0 Å². The van der Waals surface area contributed by atoms with Gasteiger partial charge in [0.15, 0.2) is 0 Å². The molecule has 1 heteroatoms. The fourth-order valence-electron chi connectivity index (χ4n) is 1.62. The summed E-state index contributed by atoms with van der Waals surface area (Å²) < 4.78 is 1.10. The molecule has 0 amide bonds. The van der Waals surface area contributed by atoms with Crippen LogP contribution in [-0.2, 0) is 0 Å². The Balaban J connectivity index is 4.33. The van der Waals surface area contributed by atoms with E-state index in [0.29, 0.717) is 0 Å². The number of quaternary nitrogens is 1. The first-order valence-corrected chi connectivity index (χ1v) is 4.70. The largest absolute Gasteiger partial charge is 0.317 e. The van der Waals surface area contributed by atoms with Crippen molar-refractivity contribution in [2.24, 2.45) is 0 Å². The molecule has 0 aliphatic rings. The Labute approximate surface area is 77.0 Å². The molecule has 0 aliphatic heterocycles. The lowest BCUT2D eigenvalue weighted by Crippen LogP contribution is -2.48. The standard InChI is InChI=1S/C11H22N/c1-6-9-12(7-2,8-3)10-11(4)5/h6H,1,4,7-10H2,2-3,5H3/q+1. The Hall–Kier alpha value is -0.560. The topological polar surface area (TPSA) is 0 Å². The van der Waals surface area contributed by atoms with Gasteiger partial charge in [-0.2, -0.15) is 0 Å². The smallest absolute Gasteiger partial charge is 0.1000 e. The van der Waals surface area contributed by atoms with Crippen molar-refractivity contribution in [3.05, 3.63) is 24.8 Å². The zero-order chi connectivity index (χ0) is 9.61. The molecule has 0 atom stereocenters. The van der Waals surface area contributed by atoms with Crippen LogP contribution in [0.5, 0.6) is 0 Å². The minimum Gasteiger partial charge on any atom is -0.317 e. The van der Waals surface area contributed by atoms with Crippen LogP contribution in [0, 0.1) is 0 Å². The van der Waals surface area contributed by atoms with E-state index in [2.05, 4.69) is 33.9 Å². The summed E-state index contributed by atoms with van der Waals surface area (Å²) >= 11 is 0. The summed E-state index contributed by atoms with van der Waals surface area (Å²) in [6, 6.07) is 0. The van der Waals surface area contributed by atoms with Crippen molar-refractivity contribution in [1.29, 1.82) is 0 Å². The Morgan fingerprint density at radius 1 is 1.33 bits per heavy atom. The quantitative estimate of drug-likeness (QED) is 0.422. The van der Waals surface area contributed by atoms with Crippen molar-refractivity contribution in [3.8, 4) is 0 Å². The summed E-state index contributed by atoms with van der Waals surface area (Å²) in [5.74, 6) is 0. The van der Waals surface area contributed by atoms with Crippen LogP contribution < -0.4 is 0 Å². The van der Waals surface area contributed by atoms with Crippen LogP contribution in [0.2, 0.25) is 0 Å². The van der Waals surface area contributed by atoms with Gasteiger partial charge in [0.1, 0.15) is 0 Å². The zero-order valence-corrected chi connectivity index (χ0v) is 8.77. The van der Waals surface area contributed by atoms with E-state index in [1.54, 1.807) is 0 Å². The van der Waals surface area contributed by atoms with Crippen LogP contribution in [0.1, 0.15) is 20.8 Å². The first-order chi connectivity index (χ1) is 5.60. The highest BCUT2D eigenvalue weighted by atomic mass is 15.3. The lowest BCUT2D eigenvalue weighted by Gasteiger charge is -2.36. The van der Waals surface area contributed by atoms with Crippen molar-refractivity contribution in [3.63, 3.8) is 0 Å². The molecule has 0 unspecified atom stereocenters. The maximum atomic E-state index is 3.97. The number of likely N-dealkylation sites (N-methyl/N-ethyl adjacent to an activating group) is 1. The van der Waals surface area contributed by atoms with E-state index >= 15 is 0 Å². The monoisotopic (exact) mass is 168 g/mol. The van der Waals surface area contributed by atoms with Crippen LogP contribution in [-0.4, -0.2) is 30.7 Å². The molecular formula is C11H22N+. The number of hydrogen-bond donors (Lipinski definition) is 0. The molecule has 0 saturated heterocycles. The minimum absolute atomic E-state index is 1.06. The number of hydrogen-bond acceptors (Lipinski definition) is 0. The molecule has 70 valence electrons. The highest BCUT2D eigenvalue weighted by molar-refractivity contribution is 4.88. The third kappa shape index (κ3) is 3.22. The number of nitrogens with zero attached hydrogens (tertiary/aromatic N) is 1. The van der Waals surface area contributed by atoms with Crippen molar-refractivity contribution < 1.29 is 4.48 Å². The van der Waals surface area contributed by atoms with Gasteiger partial charge in [-0.15, -0.1) is 0 Å². The van der Waals surface area contributed by atoms with Gasteiger partial charge in [0.05, 0.1) is 26.2 Å². The predicted octanol–water partition coefficient (Wildman–Crippen LogP) is 2.61. The van der Waals surface area contributed by atoms with E-state index in [1.807, 2.05) is 6.08 Å². The molecule has 0 bridgehead atoms. The van der Waals surface area contributed by atoms with Gasteiger partial charge >= 0.3 is 0 Å². The van der Waals surface area contributed by atoms with Gasteiger partial charge in [-0.05, 0) is 32.4 Å². The van der Waals surface area contributed by atoms with E-state index in [1.165, 1.54) is 5.57 Å². The van der Waals surface area contributed by atoms with Crippen molar-refractivity contribution in [2.75, 3.05) is 26.2 Å². The van der Waals surface area contributed by atoms with Gasteiger partial charge in [-0.3, -0.25) is 0 Å². The second kappa shape index (κ2) is 5.15. The van der Waals surface area contributed by atoms with E-state index in [0.717, 1.165) is 30.7 Å². The summed E-state index contributed by atoms with van der Waals surface area (Å²) in [4.78, 5) is 0. The second-order valence-electron chi connectivity index (χ2n) is 3.56. The van der Waals surface area contributed by atoms with Crippen LogP contribution in [0.4, 0.5) is 0 Å². The maximum absolute atomic E-state index is 3.97. The predicted molar refractivity (Wildman–Crippen MR) is 56.1 cm³/mol. The van der Waals surface area contributed by atoms with Gasteiger partial charge in [0.25, 0.3) is 0 Å². The fourth-order valence-corrected chi connectivity index (χ4v) is 1.62. The van der Waals surface area contributed by atoms with Crippen molar-refractivity contribution in [1.82, 2.24) is 0 Å². The van der Waals surface area contributed by atoms with Crippen LogP contribution in [0.3, 0.4) is 0 Å². The molecule has 0 fully saturated rings. The fraction of sp³-hybridized carbons (Fsp3) is 0.636. The average Bonchev–Trinajstić information content (AvgIpc) is 2.03. The first-order valence-electron chi connectivity index (χ1n) is 4.70. The third-order valence-electron chi connectivity index (χ3n) is 2.46. The molecule has 0 radical (unpaired) electrons. The normalized spacial score (nSPS) is 11.2. The molecule has 0 N–H and O–H groups in total. The molecule has 0 rings (SSSR count). The molecule has 0 aromatic heterocycles. The van der Waals surface area contributed by atoms with Crippen molar-refractivity contribution >= 4 is 0 Å². The van der Waals surface area contributed by atoms with E-state index in [4.69, 9.17) is 0 Å². The minimum atomic E-state index is 1.06. The SMILES string of the molecule is C=CC[N+](CC)(CC)CC(=C)C. The van der Waals surface area contributed by atoms with Crippen molar-refractivity contribution in [2.45, 2.75) is 20.8 Å². The molecule has 12 heavy (non-hydrogen) atoms. The van der Waals surface area contributed by atoms with E-state index in [9.17, 15) is 0 Å². The zero-order valence-electron chi connectivity index (χ0n) is 8.77. The van der Waals surface area contributed by atoms with Gasteiger partial charge < -0.3 is 4.48 Å². The number of rotatable bonds is 6. The summed E-state index contributed by atoms with van der Waals surface area (Å²) in [6.45, 7) is 18.8. The Kier molecular flexibility index (Phi) is 4.91. The van der Waals surface area contributed by atoms with E-state index in [-0.39, 0.29) is 0 Å². The highest BCUT2D eigenvalue weighted by Crippen LogP contribution is 2.09. The first kappa shape index (κ1) is 11.4. The molecule has 0 aromatic carbocycles. The Morgan fingerprint density at radius 3 is 2.08 bits per heavy atom. The molecule has 0 saturated carbocycles. The third-order valence-corrected chi connectivity index (χ3v) is 2.46. The molecule has 0 aliphatic carbocycles. The molecular weight excluding hydrogens is 146 g/mol. The second-order valence-corrected chi connectivity index (χ2v) is 3.56. The summed E-state index contributed by atoms with van der Waals surface area (Å²) in [6.07, 6.45) is 2.01. The van der Waals surface area contributed by atoms with Gasteiger partial charge in [0, 0.05) is 0 Å². The lowest BCUT2D eigenvalue weighted by atomic mass is 10.2. The van der Waals surface area contributed by atoms with Gasteiger partial charge in [-0.25, -0.2) is 0 Å². The summed E-state index contributed by atoms with van der Waals surface area (Å²) in [5, 5.41) is 0. The maximum Gasteiger partial charge on any atom is 0.1000 e. The van der Waals surface area contributed by atoms with Crippen LogP contribution in [0.25, 0.3) is 0 Å². The van der Waals surface area contributed by atoms with Crippen LogP contribution >= 0.6 is 0 Å². The van der Waals surface area contributed by atoms with Gasteiger partial charge in [-0.1, -0.05) is 13.2 Å². The van der Waals surface area contributed by atoms with Crippen LogP contribution in [0.15, 0.2) is 24.8 Å². The molecule has 0 spiro atoms.